The summed E-state index contributed by atoms with van der Waals surface area (Å²) in [5.74, 6) is 0.692. The fraction of sp³-hybridized carbons (Fsp3) is 0.632. The van der Waals surface area contributed by atoms with E-state index in [1.165, 1.54) is 5.69 Å². The molecule has 3 heterocycles. The summed E-state index contributed by atoms with van der Waals surface area (Å²) >= 11 is 0. The van der Waals surface area contributed by atoms with Crippen LogP contribution >= 0.6 is 0 Å². The largest absolute Gasteiger partial charge is 0.350 e. The van der Waals surface area contributed by atoms with Crippen molar-refractivity contribution in [2.24, 2.45) is 5.92 Å². The maximum atomic E-state index is 12.2. The fourth-order valence-corrected chi connectivity index (χ4v) is 3.51. The molecule has 0 spiro atoms. The minimum absolute atomic E-state index is 0.0256. The molecule has 1 N–H and O–H groups in total. The van der Waals surface area contributed by atoms with Crippen molar-refractivity contribution in [2.45, 2.75) is 59.3 Å². The van der Waals surface area contributed by atoms with Gasteiger partial charge in [0.25, 0.3) is 0 Å². The average Bonchev–Trinajstić information content (AvgIpc) is 3.20. The fourth-order valence-electron chi connectivity index (χ4n) is 3.51. The number of nitrogens with one attached hydrogen (secondary N) is 1. The molecule has 0 unspecified atom stereocenters. The lowest BCUT2D eigenvalue weighted by atomic mass is 10.2. The van der Waals surface area contributed by atoms with Crippen molar-refractivity contribution in [1.82, 2.24) is 29.8 Å². The average molecular weight is 358 g/mol. The Hall–Kier alpha value is -2.15. The molecule has 1 aliphatic rings. The Morgan fingerprint density at radius 2 is 2.15 bits per heavy atom. The molecule has 0 radical (unpaired) electrons. The number of carbonyl (C=O) groups is 1. The predicted octanol–water partition coefficient (Wildman–Crippen LogP) is 2.21. The molecule has 0 bridgehead atoms. The smallest absolute Gasteiger partial charge is 0.222 e. The van der Waals surface area contributed by atoms with Crippen molar-refractivity contribution in [3.8, 4) is 0 Å². The lowest BCUT2D eigenvalue weighted by Gasteiger charge is -2.21. The van der Waals surface area contributed by atoms with Crippen LogP contribution in [0.15, 0.2) is 24.5 Å². The highest BCUT2D eigenvalue weighted by Gasteiger charge is 2.18. The van der Waals surface area contributed by atoms with Gasteiger partial charge in [-0.1, -0.05) is 13.8 Å². The number of amides is 1. The summed E-state index contributed by atoms with van der Waals surface area (Å²) in [6.07, 6.45) is 5.15. The number of hydrogen-bond acceptors (Lipinski definition) is 4. The van der Waals surface area contributed by atoms with E-state index in [1.807, 2.05) is 23.9 Å². The van der Waals surface area contributed by atoms with Crippen LogP contribution in [0.5, 0.6) is 0 Å². The quantitative estimate of drug-likeness (QED) is 0.824. The van der Waals surface area contributed by atoms with Gasteiger partial charge in [-0.15, -0.1) is 0 Å². The van der Waals surface area contributed by atoms with Crippen molar-refractivity contribution in [3.05, 3.63) is 35.9 Å². The molecule has 1 atom stereocenters. The van der Waals surface area contributed by atoms with E-state index in [9.17, 15) is 4.79 Å². The number of rotatable bonds is 7. The Balaban J connectivity index is 1.52. The number of nitrogens with zero attached hydrogens (tertiary/aromatic N) is 5. The molecule has 1 amide bonds. The summed E-state index contributed by atoms with van der Waals surface area (Å²) in [6, 6.07) is 4.05. The van der Waals surface area contributed by atoms with E-state index in [0.29, 0.717) is 18.9 Å². The number of fused-ring (bicyclic) bond motifs is 1. The molecule has 0 fully saturated rings. The van der Waals surface area contributed by atoms with E-state index in [1.54, 1.807) is 6.20 Å². The highest BCUT2D eigenvalue weighted by Crippen LogP contribution is 2.15. The molecule has 142 valence electrons. The van der Waals surface area contributed by atoms with Crippen molar-refractivity contribution in [1.29, 1.82) is 0 Å². The second kappa shape index (κ2) is 8.49. The van der Waals surface area contributed by atoms with Crippen LogP contribution in [0.25, 0.3) is 0 Å². The first kappa shape index (κ1) is 18.6. The predicted molar refractivity (Wildman–Crippen MR) is 100 cm³/mol. The SMILES string of the molecule is CC(C)CN1CCCn2nc(CNC(=O)C[C@@H](C)n3cccn3)cc2C1. The van der Waals surface area contributed by atoms with Crippen molar-refractivity contribution in [3.63, 3.8) is 0 Å². The van der Waals surface area contributed by atoms with E-state index in [-0.39, 0.29) is 11.9 Å². The van der Waals surface area contributed by atoms with Crippen molar-refractivity contribution >= 4 is 5.91 Å². The maximum absolute atomic E-state index is 12.2. The summed E-state index contributed by atoms with van der Waals surface area (Å²) in [6.45, 7) is 11.1. The Morgan fingerprint density at radius 1 is 1.31 bits per heavy atom. The molecule has 0 saturated heterocycles. The third-order valence-corrected chi connectivity index (χ3v) is 4.69. The standard InChI is InChI=1S/C19H30N6O/c1-15(2)13-23-7-5-9-25-18(14-23)11-17(22-25)12-20-19(26)10-16(3)24-8-4-6-21-24/h4,6,8,11,15-16H,5,7,9-10,12-14H2,1-3H3,(H,20,26)/t16-/m1/s1. The van der Waals surface area contributed by atoms with Gasteiger partial charge in [0.2, 0.25) is 5.91 Å². The van der Waals surface area contributed by atoms with Gasteiger partial charge in [0, 0.05) is 45.0 Å². The molecule has 2 aromatic heterocycles. The van der Waals surface area contributed by atoms with E-state index >= 15 is 0 Å². The Labute approximate surface area is 155 Å². The molecule has 2 aromatic rings. The zero-order valence-corrected chi connectivity index (χ0v) is 16.1. The molecular weight excluding hydrogens is 328 g/mol. The molecular formula is C19H30N6O. The Bertz CT molecular complexity index is 706. The molecule has 7 nitrogen and oxygen atoms in total. The summed E-state index contributed by atoms with van der Waals surface area (Å²) in [4.78, 5) is 14.7. The second-order valence-electron chi connectivity index (χ2n) is 7.65. The van der Waals surface area contributed by atoms with Gasteiger partial charge in [0.1, 0.15) is 0 Å². The second-order valence-corrected chi connectivity index (χ2v) is 7.65. The van der Waals surface area contributed by atoms with Crippen molar-refractivity contribution < 1.29 is 4.79 Å². The van der Waals surface area contributed by atoms with Crippen LogP contribution in [-0.4, -0.2) is 43.5 Å². The molecule has 0 aliphatic carbocycles. The minimum atomic E-state index is 0.0256. The van der Waals surface area contributed by atoms with Crippen LogP contribution in [0.2, 0.25) is 0 Å². The van der Waals surface area contributed by atoms with Crippen LogP contribution in [0.4, 0.5) is 0 Å². The third kappa shape index (κ3) is 4.94. The highest BCUT2D eigenvalue weighted by molar-refractivity contribution is 5.76. The van der Waals surface area contributed by atoms with Gasteiger partial charge < -0.3 is 5.32 Å². The molecule has 0 aromatic carbocycles. The van der Waals surface area contributed by atoms with E-state index in [4.69, 9.17) is 0 Å². The van der Waals surface area contributed by atoms with Crippen LogP contribution in [-0.2, 0) is 24.4 Å². The van der Waals surface area contributed by atoms with Crippen LogP contribution in [0, 0.1) is 5.92 Å². The van der Waals surface area contributed by atoms with E-state index in [0.717, 1.165) is 38.3 Å². The molecule has 7 heteroatoms. The first-order chi connectivity index (χ1) is 12.5. The zero-order valence-electron chi connectivity index (χ0n) is 16.1. The first-order valence-electron chi connectivity index (χ1n) is 9.55. The third-order valence-electron chi connectivity index (χ3n) is 4.69. The van der Waals surface area contributed by atoms with Crippen LogP contribution in [0.3, 0.4) is 0 Å². The van der Waals surface area contributed by atoms with Crippen LogP contribution < -0.4 is 5.32 Å². The van der Waals surface area contributed by atoms with Gasteiger partial charge in [-0.25, -0.2) is 0 Å². The van der Waals surface area contributed by atoms with Crippen molar-refractivity contribution in [2.75, 3.05) is 13.1 Å². The number of aromatic nitrogens is 4. The van der Waals surface area contributed by atoms with E-state index in [2.05, 4.69) is 45.0 Å². The van der Waals surface area contributed by atoms with Gasteiger partial charge in [0.15, 0.2) is 0 Å². The van der Waals surface area contributed by atoms with Gasteiger partial charge >= 0.3 is 0 Å². The normalized spacial score (nSPS) is 16.3. The van der Waals surface area contributed by atoms with Gasteiger partial charge in [-0.3, -0.25) is 19.1 Å². The molecule has 1 aliphatic heterocycles. The number of carbonyl (C=O) groups excluding carboxylic acids is 1. The van der Waals surface area contributed by atoms with Crippen LogP contribution in [0.1, 0.15) is 51.0 Å². The number of aryl methyl sites for hydroxylation is 1. The minimum Gasteiger partial charge on any atom is -0.350 e. The Morgan fingerprint density at radius 3 is 2.88 bits per heavy atom. The molecule has 26 heavy (non-hydrogen) atoms. The van der Waals surface area contributed by atoms with Gasteiger partial charge in [-0.2, -0.15) is 10.2 Å². The zero-order chi connectivity index (χ0) is 18.5. The molecule has 0 saturated carbocycles. The van der Waals surface area contributed by atoms with E-state index < -0.39 is 0 Å². The summed E-state index contributed by atoms with van der Waals surface area (Å²) in [5, 5.41) is 11.9. The summed E-state index contributed by atoms with van der Waals surface area (Å²) in [5.41, 5.74) is 2.18. The lowest BCUT2D eigenvalue weighted by molar-refractivity contribution is -0.122. The first-order valence-corrected chi connectivity index (χ1v) is 9.55. The summed E-state index contributed by atoms with van der Waals surface area (Å²) < 4.78 is 3.91. The Kier molecular flexibility index (Phi) is 6.08. The maximum Gasteiger partial charge on any atom is 0.222 e. The highest BCUT2D eigenvalue weighted by atomic mass is 16.1. The van der Waals surface area contributed by atoms with Gasteiger partial charge in [0.05, 0.1) is 24.0 Å². The molecule has 3 rings (SSSR count). The number of hydrogen-bond donors (Lipinski definition) is 1. The topological polar surface area (TPSA) is 68.0 Å². The van der Waals surface area contributed by atoms with Gasteiger partial charge in [-0.05, 0) is 31.4 Å². The monoisotopic (exact) mass is 358 g/mol. The lowest BCUT2D eigenvalue weighted by Crippen LogP contribution is -2.27. The summed E-state index contributed by atoms with van der Waals surface area (Å²) in [7, 11) is 0.